The van der Waals surface area contributed by atoms with Crippen LogP contribution in [0.2, 0.25) is 0 Å². The Morgan fingerprint density at radius 3 is 3.00 bits per heavy atom. The molecular weight excluding hydrogens is 224 g/mol. The summed E-state index contributed by atoms with van der Waals surface area (Å²) in [6, 6.07) is 0.430. The molecule has 2 heterocycles. The highest BCUT2D eigenvalue weighted by Gasteiger charge is 2.27. The summed E-state index contributed by atoms with van der Waals surface area (Å²) in [4.78, 5) is 4.23. The van der Waals surface area contributed by atoms with E-state index in [1.807, 2.05) is 23.1 Å². The fraction of sp³-hybridized carbons (Fsp3) is 0.571. The van der Waals surface area contributed by atoms with Crippen molar-refractivity contribution in [2.24, 2.45) is 5.92 Å². The molecule has 18 heavy (non-hydrogen) atoms. The van der Waals surface area contributed by atoms with Crippen molar-refractivity contribution in [1.29, 1.82) is 0 Å². The minimum atomic E-state index is 0.430. The molecule has 0 saturated heterocycles. The lowest BCUT2D eigenvalue weighted by atomic mass is 9.92. The highest BCUT2D eigenvalue weighted by Crippen LogP contribution is 2.36. The number of aromatic nitrogens is 3. The van der Waals surface area contributed by atoms with E-state index in [9.17, 15) is 0 Å². The molecule has 0 amide bonds. The summed E-state index contributed by atoms with van der Waals surface area (Å²) in [6.07, 6.45) is 13.0. The summed E-state index contributed by atoms with van der Waals surface area (Å²) in [5.74, 6) is 0.748. The van der Waals surface area contributed by atoms with E-state index in [-0.39, 0.29) is 0 Å². The smallest absolute Gasteiger partial charge is 0.0892 e. The third-order valence-electron chi connectivity index (χ3n) is 3.98. The van der Waals surface area contributed by atoms with E-state index < -0.39 is 0 Å². The number of nitrogens with zero attached hydrogens (tertiary/aromatic N) is 3. The number of hydrogen-bond donors (Lipinski definition) is 1. The Hall–Kier alpha value is -1.42. The first-order valence-electron chi connectivity index (χ1n) is 6.90. The Morgan fingerprint density at radius 1 is 1.39 bits per heavy atom. The minimum Gasteiger partial charge on any atom is -0.310 e. The molecule has 0 spiro atoms. The summed E-state index contributed by atoms with van der Waals surface area (Å²) in [7, 11) is 0. The molecule has 4 nitrogen and oxygen atoms in total. The summed E-state index contributed by atoms with van der Waals surface area (Å²) >= 11 is 0. The fourth-order valence-corrected chi connectivity index (χ4v) is 3.13. The Morgan fingerprint density at radius 2 is 2.22 bits per heavy atom. The summed E-state index contributed by atoms with van der Waals surface area (Å²) in [5, 5.41) is 8.07. The first-order chi connectivity index (χ1) is 8.90. The maximum absolute atomic E-state index is 4.43. The highest BCUT2D eigenvalue weighted by atomic mass is 15.2. The largest absolute Gasteiger partial charge is 0.310 e. The summed E-state index contributed by atoms with van der Waals surface area (Å²) in [5.41, 5.74) is 2.44. The molecule has 0 aromatic carbocycles. The fourth-order valence-electron chi connectivity index (χ4n) is 3.13. The van der Waals surface area contributed by atoms with Crippen molar-refractivity contribution in [1.82, 2.24) is 19.9 Å². The Bertz CT molecular complexity index is 513. The molecule has 0 aliphatic heterocycles. The van der Waals surface area contributed by atoms with Crippen LogP contribution in [0, 0.1) is 5.92 Å². The molecule has 0 bridgehead atoms. The van der Waals surface area contributed by atoms with Crippen LogP contribution < -0.4 is 5.32 Å². The zero-order valence-electron chi connectivity index (χ0n) is 10.8. The van der Waals surface area contributed by atoms with E-state index in [4.69, 9.17) is 0 Å². The molecule has 4 heteroatoms. The third kappa shape index (κ3) is 2.01. The number of hydrogen-bond acceptors (Lipinski definition) is 3. The molecule has 2 aromatic rings. The predicted octanol–water partition coefficient (Wildman–Crippen LogP) is 2.57. The van der Waals surface area contributed by atoms with Crippen molar-refractivity contribution in [3.63, 3.8) is 0 Å². The van der Waals surface area contributed by atoms with Gasteiger partial charge in [0.1, 0.15) is 0 Å². The van der Waals surface area contributed by atoms with Crippen LogP contribution in [-0.2, 0) is 0 Å². The van der Waals surface area contributed by atoms with Crippen LogP contribution in [0.15, 0.2) is 24.8 Å². The van der Waals surface area contributed by atoms with E-state index in [2.05, 4.69) is 22.3 Å². The maximum atomic E-state index is 4.43. The van der Waals surface area contributed by atoms with Gasteiger partial charge in [-0.25, -0.2) is 4.52 Å². The van der Waals surface area contributed by atoms with Crippen molar-refractivity contribution in [2.75, 3.05) is 6.54 Å². The molecule has 1 unspecified atom stereocenters. The molecule has 1 atom stereocenters. The Kier molecular flexibility index (Phi) is 3.28. The van der Waals surface area contributed by atoms with Crippen LogP contribution in [0.1, 0.15) is 44.2 Å². The van der Waals surface area contributed by atoms with Gasteiger partial charge >= 0.3 is 0 Å². The second kappa shape index (κ2) is 5.06. The van der Waals surface area contributed by atoms with Crippen molar-refractivity contribution < 1.29 is 0 Å². The number of rotatable bonds is 4. The lowest BCUT2D eigenvalue weighted by Crippen LogP contribution is -2.26. The zero-order chi connectivity index (χ0) is 12.4. The average molecular weight is 244 g/mol. The van der Waals surface area contributed by atoms with Crippen LogP contribution in [0.3, 0.4) is 0 Å². The first kappa shape index (κ1) is 11.7. The molecule has 0 radical (unpaired) electrons. The minimum absolute atomic E-state index is 0.430. The van der Waals surface area contributed by atoms with Gasteiger partial charge in [0.2, 0.25) is 0 Å². The summed E-state index contributed by atoms with van der Waals surface area (Å²) in [6.45, 7) is 3.17. The van der Waals surface area contributed by atoms with Crippen LogP contribution in [0.25, 0.3) is 5.52 Å². The van der Waals surface area contributed by atoms with Crippen molar-refractivity contribution in [3.05, 3.63) is 30.4 Å². The maximum Gasteiger partial charge on any atom is 0.0892 e. The molecule has 3 rings (SSSR count). The van der Waals surface area contributed by atoms with E-state index in [1.165, 1.54) is 31.2 Å². The van der Waals surface area contributed by atoms with E-state index >= 15 is 0 Å². The van der Waals surface area contributed by atoms with Gasteiger partial charge < -0.3 is 5.32 Å². The second-order valence-corrected chi connectivity index (χ2v) is 5.09. The molecule has 1 aliphatic carbocycles. The molecule has 1 aliphatic rings. The van der Waals surface area contributed by atoms with Gasteiger partial charge in [0, 0.05) is 24.0 Å². The van der Waals surface area contributed by atoms with Crippen LogP contribution in [-0.4, -0.2) is 21.1 Å². The molecule has 1 saturated carbocycles. The lowest BCUT2D eigenvalue weighted by molar-refractivity contribution is 0.376. The van der Waals surface area contributed by atoms with Crippen molar-refractivity contribution in [3.8, 4) is 0 Å². The van der Waals surface area contributed by atoms with E-state index in [0.29, 0.717) is 6.04 Å². The van der Waals surface area contributed by atoms with Gasteiger partial charge in [0.25, 0.3) is 0 Å². The van der Waals surface area contributed by atoms with Crippen molar-refractivity contribution in [2.45, 2.75) is 38.6 Å². The first-order valence-corrected chi connectivity index (χ1v) is 6.90. The van der Waals surface area contributed by atoms with Crippen LogP contribution in [0.4, 0.5) is 0 Å². The second-order valence-electron chi connectivity index (χ2n) is 5.09. The van der Waals surface area contributed by atoms with Gasteiger partial charge in [-0.15, -0.1) is 0 Å². The quantitative estimate of drug-likeness (QED) is 0.898. The monoisotopic (exact) mass is 244 g/mol. The standard InChI is InChI=1S/C14H20N4/c1-2-16-14(11-5-3-4-6-11)12-9-17-18-8-7-15-10-13(12)18/h7-11,14,16H,2-6H2,1H3. The third-order valence-corrected chi connectivity index (χ3v) is 3.98. The van der Waals surface area contributed by atoms with Gasteiger partial charge in [-0.3, -0.25) is 4.98 Å². The Balaban J connectivity index is 1.98. The van der Waals surface area contributed by atoms with Gasteiger partial charge in [0.15, 0.2) is 0 Å². The van der Waals surface area contributed by atoms with Crippen LogP contribution >= 0.6 is 0 Å². The number of fused-ring (bicyclic) bond motifs is 1. The molecule has 1 N–H and O–H groups in total. The normalized spacial score (nSPS) is 18.5. The van der Waals surface area contributed by atoms with E-state index in [0.717, 1.165) is 18.0 Å². The molecule has 2 aromatic heterocycles. The van der Waals surface area contributed by atoms with Gasteiger partial charge in [-0.2, -0.15) is 5.10 Å². The van der Waals surface area contributed by atoms with Crippen LogP contribution in [0.5, 0.6) is 0 Å². The number of nitrogens with one attached hydrogen (secondary N) is 1. The molecular formula is C14H20N4. The van der Waals surface area contributed by atoms with Gasteiger partial charge in [-0.1, -0.05) is 19.8 Å². The molecule has 96 valence electrons. The lowest BCUT2D eigenvalue weighted by Gasteiger charge is -2.23. The summed E-state index contributed by atoms with van der Waals surface area (Å²) < 4.78 is 1.92. The average Bonchev–Trinajstić information content (AvgIpc) is 3.06. The molecule has 1 fully saturated rings. The zero-order valence-corrected chi connectivity index (χ0v) is 10.8. The predicted molar refractivity (Wildman–Crippen MR) is 71.4 cm³/mol. The van der Waals surface area contributed by atoms with E-state index in [1.54, 1.807) is 6.20 Å². The van der Waals surface area contributed by atoms with Crippen molar-refractivity contribution >= 4 is 5.52 Å². The van der Waals surface area contributed by atoms with Gasteiger partial charge in [0.05, 0.1) is 17.9 Å². The Labute approximate surface area is 107 Å². The van der Waals surface area contributed by atoms with Gasteiger partial charge in [-0.05, 0) is 25.3 Å². The SMILES string of the molecule is CCNC(c1cnn2ccncc12)C1CCCC1. The highest BCUT2D eigenvalue weighted by molar-refractivity contribution is 5.53. The topological polar surface area (TPSA) is 42.2 Å².